The minimum absolute atomic E-state index is 0.0766. The van der Waals surface area contributed by atoms with Gasteiger partial charge in [0.2, 0.25) is 0 Å². The fraction of sp³-hybridized carbons (Fsp3) is 0.130. The number of amides is 1. The zero-order valence-corrected chi connectivity index (χ0v) is 19.5. The summed E-state index contributed by atoms with van der Waals surface area (Å²) in [5, 5.41) is 8.54. The molecule has 0 atom stereocenters. The zero-order chi connectivity index (χ0) is 24.0. The lowest BCUT2D eigenvalue weighted by atomic mass is 10.0. The molecule has 5 rings (SSSR count). The van der Waals surface area contributed by atoms with E-state index >= 15 is 0 Å². The summed E-state index contributed by atoms with van der Waals surface area (Å²) in [5.74, 6) is -1.31. The molecule has 0 saturated heterocycles. The molecule has 2 aromatic carbocycles. The Bertz CT molecular complexity index is 1530. The van der Waals surface area contributed by atoms with Crippen molar-refractivity contribution in [1.82, 2.24) is 19.6 Å². The number of aromatic nitrogens is 3. The van der Waals surface area contributed by atoms with Gasteiger partial charge in [0.05, 0.1) is 26.7 Å². The molecule has 34 heavy (non-hydrogen) atoms. The third-order valence-electron chi connectivity index (χ3n) is 5.45. The molecule has 11 heteroatoms. The molecule has 0 fully saturated rings. The maximum absolute atomic E-state index is 14.2. The summed E-state index contributed by atoms with van der Waals surface area (Å²) in [6, 6.07) is 7.38. The van der Waals surface area contributed by atoms with Crippen molar-refractivity contribution in [2.75, 3.05) is 0 Å². The van der Waals surface area contributed by atoms with Gasteiger partial charge in [-0.2, -0.15) is 5.10 Å². The first-order valence-electron chi connectivity index (χ1n) is 10.1. The van der Waals surface area contributed by atoms with Crippen molar-refractivity contribution in [3.63, 3.8) is 0 Å². The van der Waals surface area contributed by atoms with E-state index in [1.165, 1.54) is 0 Å². The fourth-order valence-corrected chi connectivity index (χ4v) is 4.64. The highest BCUT2D eigenvalue weighted by atomic mass is 35.5. The van der Waals surface area contributed by atoms with Gasteiger partial charge < -0.3 is 9.30 Å². The van der Waals surface area contributed by atoms with Crippen LogP contribution in [0.4, 0.5) is 8.78 Å². The molecule has 1 N–H and O–H groups in total. The van der Waals surface area contributed by atoms with Crippen LogP contribution in [0.3, 0.4) is 0 Å². The average molecular weight is 500 g/mol. The van der Waals surface area contributed by atoms with E-state index in [0.717, 1.165) is 29.2 Å². The molecule has 0 saturated carbocycles. The highest BCUT2D eigenvalue weighted by Gasteiger charge is 2.28. The van der Waals surface area contributed by atoms with E-state index in [9.17, 15) is 13.6 Å². The molecule has 3 heterocycles. The Morgan fingerprint density at radius 3 is 2.79 bits per heavy atom. The summed E-state index contributed by atoms with van der Waals surface area (Å²) < 4.78 is 39.8. The quantitative estimate of drug-likeness (QED) is 0.317. The fourth-order valence-electron chi connectivity index (χ4n) is 3.77. The molecule has 0 spiro atoms. The van der Waals surface area contributed by atoms with Crippen LogP contribution in [-0.4, -0.2) is 25.8 Å². The van der Waals surface area contributed by atoms with E-state index in [1.807, 2.05) is 23.9 Å². The lowest BCUT2D eigenvalue weighted by Crippen LogP contribution is -2.13. The van der Waals surface area contributed by atoms with Gasteiger partial charge in [-0.15, -0.1) is 5.10 Å². The summed E-state index contributed by atoms with van der Waals surface area (Å²) in [6.45, 7) is 1.52. The number of nitrogens with zero attached hydrogens (tertiary/aromatic N) is 4. The van der Waals surface area contributed by atoms with Crippen LogP contribution in [0.15, 0.2) is 47.2 Å². The number of aryl methyl sites for hydroxylation is 2. The predicted molar refractivity (Wildman–Crippen MR) is 126 cm³/mol. The number of rotatable bonds is 5. The molecule has 7 nitrogen and oxygen atoms in total. The topological polar surface area (TPSA) is 81.4 Å². The molecule has 1 aliphatic heterocycles. The standard InChI is InChI=1S/C23H16ClF2N5O2S/c1-11-22(34-30-27-11)21-13(23(32)29-28-21)8-12-9-31(2)17-4-3-5-18(19(12)17)33-10-14-15(25)6-7-16(26)20(14)24/h3-9H,10H2,1-2H3,(H,29,32)/b13-8-. The van der Waals surface area contributed by atoms with Gasteiger partial charge in [0.1, 0.15) is 29.7 Å². The van der Waals surface area contributed by atoms with Gasteiger partial charge in [0.25, 0.3) is 5.91 Å². The second kappa shape index (κ2) is 8.62. The Labute approximate surface area is 201 Å². The lowest BCUT2D eigenvalue weighted by molar-refractivity contribution is -0.116. The van der Waals surface area contributed by atoms with Crippen molar-refractivity contribution in [2.24, 2.45) is 12.1 Å². The van der Waals surface area contributed by atoms with E-state index < -0.39 is 11.6 Å². The number of fused-ring (bicyclic) bond motifs is 1. The number of halogens is 3. The Kier molecular flexibility index (Phi) is 5.62. The van der Waals surface area contributed by atoms with Gasteiger partial charge in [-0.1, -0.05) is 22.2 Å². The van der Waals surface area contributed by atoms with E-state index in [0.29, 0.717) is 38.6 Å². The second-order valence-electron chi connectivity index (χ2n) is 7.60. The summed E-state index contributed by atoms with van der Waals surface area (Å²) in [5.41, 5.74) is 5.41. The molecule has 4 aromatic rings. The van der Waals surface area contributed by atoms with Gasteiger partial charge in [-0.25, -0.2) is 14.2 Å². The van der Waals surface area contributed by atoms with Crippen molar-refractivity contribution in [3.8, 4) is 5.75 Å². The predicted octanol–water partition coefficient (Wildman–Crippen LogP) is 4.77. The van der Waals surface area contributed by atoms with Crippen molar-refractivity contribution in [2.45, 2.75) is 13.5 Å². The van der Waals surface area contributed by atoms with Gasteiger partial charge in [0.15, 0.2) is 0 Å². The number of hydrogen-bond donors (Lipinski definition) is 1. The van der Waals surface area contributed by atoms with Crippen LogP contribution in [0.25, 0.3) is 17.0 Å². The first-order chi connectivity index (χ1) is 16.3. The Morgan fingerprint density at radius 1 is 1.24 bits per heavy atom. The number of hydrogen-bond acceptors (Lipinski definition) is 6. The summed E-state index contributed by atoms with van der Waals surface area (Å²) >= 11 is 7.10. The third kappa shape index (κ3) is 3.74. The molecule has 0 unspecified atom stereocenters. The summed E-state index contributed by atoms with van der Waals surface area (Å²) in [4.78, 5) is 13.3. The van der Waals surface area contributed by atoms with Crippen molar-refractivity contribution in [3.05, 3.63) is 80.5 Å². The Hall–Kier alpha value is -3.63. The van der Waals surface area contributed by atoms with E-state index in [2.05, 4.69) is 20.1 Å². The summed E-state index contributed by atoms with van der Waals surface area (Å²) in [7, 11) is 1.86. The monoisotopic (exact) mass is 499 g/mol. The van der Waals surface area contributed by atoms with Crippen LogP contribution in [0.2, 0.25) is 5.02 Å². The van der Waals surface area contributed by atoms with E-state index in [4.69, 9.17) is 16.3 Å². The number of hydrazone groups is 1. The van der Waals surface area contributed by atoms with Crippen molar-refractivity contribution >= 4 is 51.7 Å². The second-order valence-corrected chi connectivity index (χ2v) is 8.73. The molecule has 1 aliphatic rings. The number of benzene rings is 2. The largest absolute Gasteiger partial charge is 0.488 e. The lowest BCUT2D eigenvalue weighted by Gasteiger charge is -2.11. The molecule has 1 amide bonds. The van der Waals surface area contributed by atoms with Crippen LogP contribution in [0.1, 0.15) is 21.7 Å². The first kappa shape index (κ1) is 22.2. The maximum atomic E-state index is 14.2. The van der Waals surface area contributed by atoms with Crippen LogP contribution in [0, 0.1) is 18.6 Å². The molecule has 0 aliphatic carbocycles. The number of carbonyl (C=O) groups is 1. The SMILES string of the molecule is Cc1nnsc1C1=NNC(=O)/C1=C\c1cn(C)c2cccc(OCc3c(F)ccc(F)c3Cl)c12. The average Bonchev–Trinajstić information content (AvgIpc) is 3.49. The van der Waals surface area contributed by atoms with Crippen LogP contribution in [-0.2, 0) is 18.4 Å². The van der Waals surface area contributed by atoms with E-state index in [1.54, 1.807) is 25.1 Å². The normalized spacial score (nSPS) is 14.7. The molecule has 0 bridgehead atoms. The highest BCUT2D eigenvalue weighted by molar-refractivity contribution is 7.08. The van der Waals surface area contributed by atoms with Gasteiger partial charge in [-0.05, 0) is 48.8 Å². The van der Waals surface area contributed by atoms with Gasteiger partial charge >= 0.3 is 0 Å². The minimum atomic E-state index is -0.725. The highest BCUT2D eigenvalue weighted by Crippen LogP contribution is 2.34. The van der Waals surface area contributed by atoms with Crippen LogP contribution < -0.4 is 10.2 Å². The molecular formula is C23H16ClF2N5O2S. The smallest absolute Gasteiger partial charge is 0.273 e. The molecule has 2 aromatic heterocycles. The van der Waals surface area contributed by atoms with Gasteiger partial charge in [-0.3, -0.25) is 4.79 Å². The van der Waals surface area contributed by atoms with Crippen LogP contribution >= 0.6 is 23.1 Å². The molecular weight excluding hydrogens is 484 g/mol. The van der Waals surface area contributed by atoms with Crippen molar-refractivity contribution < 1.29 is 18.3 Å². The third-order valence-corrected chi connectivity index (χ3v) is 6.70. The number of nitrogens with one attached hydrogen (secondary N) is 1. The maximum Gasteiger partial charge on any atom is 0.273 e. The Morgan fingerprint density at radius 2 is 2.03 bits per heavy atom. The number of carbonyl (C=O) groups excluding carboxylic acids is 1. The first-order valence-corrected chi connectivity index (χ1v) is 11.2. The van der Waals surface area contributed by atoms with Crippen LogP contribution in [0.5, 0.6) is 5.75 Å². The zero-order valence-electron chi connectivity index (χ0n) is 17.9. The number of ether oxygens (including phenoxy) is 1. The summed E-state index contributed by atoms with van der Waals surface area (Å²) in [6.07, 6.45) is 3.56. The Balaban J connectivity index is 1.57. The molecule has 0 radical (unpaired) electrons. The van der Waals surface area contributed by atoms with E-state index in [-0.39, 0.29) is 23.1 Å². The minimum Gasteiger partial charge on any atom is -0.488 e. The molecule has 172 valence electrons. The van der Waals surface area contributed by atoms with Crippen molar-refractivity contribution in [1.29, 1.82) is 0 Å². The van der Waals surface area contributed by atoms with Gasteiger partial charge in [0, 0.05) is 29.8 Å².